The molecule has 15 heavy (non-hydrogen) atoms. The predicted octanol–water partition coefficient (Wildman–Crippen LogP) is 1.01. The number of aromatic hydroxyl groups is 1. The molecule has 0 bridgehead atoms. The minimum absolute atomic E-state index is 0.0178. The Labute approximate surface area is 83.7 Å². The quantitative estimate of drug-likeness (QED) is 0.572. The van der Waals surface area contributed by atoms with Gasteiger partial charge in [-0.2, -0.15) is 0 Å². The molecule has 0 aliphatic heterocycles. The summed E-state index contributed by atoms with van der Waals surface area (Å²) in [5.41, 5.74) is -1.46. The molecule has 0 atom stereocenters. The topological polar surface area (TPSA) is 110 Å². The van der Waals surface area contributed by atoms with Crippen molar-refractivity contribution in [2.24, 2.45) is 0 Å². The van der Waals surface area contributed by atoms with Crippen molar-refractivity contribution >= 4 is 11.7 Å². The second-order valence-electron chi connectivity index (χ2n) is 2.60. The first-order chi connectivity index (χ1) is 6.97. The number of carbonyl (C=O) groups is 1. The van der Waals surface area contributed by atoms with Gasteiger partial charge < -0.3 is 14.9 Å². The van der Waals surface area contributed by atoms with Crippen LogP contribution in [0.15, 0.2) is 12.1 Å². The first-order valence-corrected chi connectivity index (χ1v) is 3.76. The van der Waals surface area contributed by atoms with E-state index in [4.69, 9.17) is 5.11 Å². The van der Waals surface area contributed by atoms with Crippen LogP contribution in [0.25, 0.3) is 0 Å². The Morgan fingerprint density at radius 3 is 2.53 bits per heavy atom. The van der Waals surface area contributed by atoms with E-state index in [9.17, 15) is 20.0 Å². The summed E-state index contributed by atoms with van der Waals surface area (Å²) in [4.78, 5) is 20.3. The van der Waals surface area contributed by atoms with Crippen LogP contribution < -0.4 is 4.74 Å². The first kappa shape index (κ1) is 10.8. The van der Waals surface area contributed by atoms with Gasteiger partial charge >= 0.3 is 5.97 Å². The van der Waals surface area contributed by atoms with Gasteiger partial charge in [-0.1, -0.05) is 0 Å². The van der Waals surface area contributed by atoms with Crippen LogP contribution in [0.1, 0.15) is 10.4 Å². The molecule has 0 fully saturated rings. The molecule has 0 unspecified atom stereocenters. The summed E-state index contributed by atoms with van der Waals surface area (Å²) < 4.78 is 4.66. The lowest BCUT2D eigenvalue weighted by molar-refractivity contribution is -0.385. The summed E-state index contributed by atoms with van der Waals surface area (Å²) in [6.45, 7) is 0. The molecule has 0 aliphatic rings. The molecule has 2 N–H and O–H groups in total. The Morgan fingerprint density at radius 1 is 1.53 bits per heavy atom. The summed E-state index contributed by atoms with van der Waals surface area (Å²) in [6.07, 6.45) is 0. The molecule has 0 aliphatic carbocycles. The number of nitro groups is 1. The van der Waals surface area contributed by atoms with E-state index in [1.165, 1.54) is 7.11 Å². The molecule has 1 aromatic carbocycles. The number of aromatic carboxylic acids is 1. The highest BCUT2D eigenvalue weighted by Gasteiger charge is 2.25. The van der Waals surface area contributed by atoms with Crippen LogP contribution in [0.5, 0.6) is 11.5 Å². The molecular weight excluding hydrogens is 206 g/mol. The Hall–Kier alpha value is -2.31. The number of carboxylic acid groups (broad SMARTS) is 1. The lowest BCUT2D eigenvalue weighted by Gasteiger charge is -2.04. The summed E-state index contributed by atoms with van der Waals surface area (Å²) in [5.74, 6) is -2.25. The molecule has 0 spiro atoms. The van der Waals surface area contributed by atoms with Crippen LogP contribution in [-0.4, -0.2) is 28.2 Å². The van der Waals surface area contributed by atoms with E-state index >= 15 is 0 Å². The van der Waals surface area contributed by atoms with Gasteiger partial charge in [-0.15, -0.1) is 0 Å². The SMILES string of the molecule is COc1cc(O)c(C(=O)O)c([N+](=O)[O-])c1. The van der Waals surface area contributed by atoms with Crippen molar-refractivity contribution in [1.82, 2.24) is 0 Å². The lowest BCUT2D eigenvalue weighted by atomic mass is 10.1. The summed E-state index contributed by atoms with van der Waals surface area (Å²) in [6, 6.07) is 1.93. The van der Waals surface area contributed by atoms with E-state index in [1.54, 1.807) is 0 Å². The van der Waals surface area contributed by atoms with Gasteiger partial charge in [0.25, 0.3) is 5.69 Å². The van der Waals surface area contributed by atoms with E-state index in [1.807, 2.05) is 0 Å². The van der Waals surface area contributed by atoms with Crippen LogP contribution in [0, 0.1) is 10.1 Å². The maximum absolute atomic E-state index is 10.6. The smallest absolute Gasteiger partial charge is 0.346 e. The molecule has 0 amide bonds. The Balaban J connectivity index is 3.49. The molecule has 0 saturated carbocycles. The fourth-order valence-corrected chi connectivity index (χ4v) is 1.07. The number of hydrogen-bond donors (Lipinski definition) is 2. The molecule has 1 rings (SSSR count). The number of methoxy groups -OCH3 is 1. The minimum atomic E-state index is -1.57. The third-order valence-electron chi connectivity index (χ3n) is 1.72. The van der Waals surface area contributed by atoms with Crippen LogP contribution in [0.4, 0.5) is 5.69 Å². The van der Waals surface area contributed by atoms with E-state index in [2.05, 4.69) is 4.74 Å². The Morgan fingerprint density at radius 2 is 2.13 bits per heavy atom. The van der Waals surface area contributed by atoms with E-state index in [-0.39, 0.29) is 5.75 Å². The van der Waals surface area contributed by atoms with Gasteiger partial charge in [-0.25, -0.2) is 4.79 Å². The number of nitrogens with zero attached hydrogens (tertiary/aromatic N) is 1. The minimum Gasteiger partial charge on any atom is -0.507 e. The second-order valence-corrected chi connectivity index (χ2v) is 2.60. The monoisotopic (exact) mass is 213 g/mol. The average molecular weight is 213 g/mol. The molecule has 7 heteroatoms. The van der Waals surface area contributed by atoms with Crippen LogP contribution in [0.3, 0.4) is 0 Å². The van der Waals surface area contributed by atoms with E-state index in [0.29, 0.717) is 0 Å². The highest BCUT2D eigenvalue weighted by molar-refractivity contribution is 5.95. The van der Waals surface area contributed by atoms with Gasteiger partial charge in [-0.3, -0.25) is 10.1 Å². The fraction of sp³-hybridized carbons (Fsp3) is 0.125. The van der Waals surface area contributed by atoms with Gasteiger partial charge in [0, 0.05) is 6.07 Å². The highest BCUT2D eigenvalue weighted by atomic mass is 16.6. The number of ether oxygens (including phenoxy) is 1. The van der Waals surface area contributed by atoms with Gasteiger partial charge in [0.05, 0.1) is 18.1 Å². The summed E-state index contributed by atoms with van der Waals surface area (Å²) >= 11 is 0. The van der Waals surface area contributed by atoms with Gasteiger partial charge in [-0.05, 0) is 0 Å². The standard InChI is InChI=1S/C8H7NO6/c1-15-4-2-5(9(13)14)7(8(11)12)6(10)3-4/h2-3,10H,1H3,(H,11,12). The first-order valence-electron chi connectivity index (χ1n) is 3.76. The maximum atomic E-state index is 10.6. The zero-order valence-electron chi connectivity index (χ0n) is 7.63. The van der Waals surface area contributed by atoms with Crippen molar-refractivity contribution in [3.8, 4) is 11.5 Å². The highest BCUT2D eigenvalue weighted by Crippen LogP contribution is 2.32. The number of rotatable bonds is 3. The van der Waals surface area contributed by atoms with Crippen LogP contribution in [-0.2, 0) is 0 Å². The number of carboxylic acids is 1. The lowest BCUT2D eigenvalue weighted by Crippen LogP contribution is -2.03. The fourth-order valence-electron chi connectivity index (χ4n) is 1.07. The largest absolute Gasteiger partial charge is 0.507 e. The van der Waals surface area contributed by atoms with E-state index < -0.39 is 27.9 Å². The zero-order chi connectivity index (χ0) is 11.6. The van der Waals surface area contributed by atoms with Crippen molar-refractivity contribution in [2.45, 2.75) is 0 Å². The number of benzene rings is 1. The van der Waals surface area contributed by atoms with Crippen molar-refractivity contribution < 1.29 is 24.7 Å². The van der Waals surface area contributed by atoms with Crippen molar-refractivity contribution in [1.29, 1.82) is 0 Å². The molecule has 0 saturated heterocycles. The van der Waals surface area contributed by atoms with Crippen LogP contribution in [0.2, 0.25) is 0 Å². The molecule has 7 nitrogen and oxygen atoms in total. The number of nitro benzene ring substituents is 1. The summed E-state index contributed by atoms with van der Waals surface area (Å²) in [5, 5.41) is 28.4. The molecule has 1 aromatic rings. The normalized spacial score (nSPS) is 9.67. The molecule has 0 aromatic heterocycles. The number of phenols is 1. The van der Waals surface area contributed by atoms with Gasteiger partial charge in [0.1, 0.15) is 11.5 Å². The van der Waals surface area contributed by atoms with Gasteiger partial charge in [0.2, 0.25) is 0 Å². The Kier molecular flexibility index (Phi) is 2.75. The molecular formula is C8H7NO6. The van der Waals surface area contributed by atoms with Gasteiger partial charge in [0.15, 0.2) is 5.56 Å². The molecule has 0 heterocycles. The third kappa shape index (κ3) is 1.96. The van der Waals surface area contributed by atoms with Crippen LogP contribution >= 0.6 is 0 Å². The summed E-state index contributed by atoms with van der Waals surface area (Å²) in [7, 11) is 1.25. The van der Waals surface area contributed by atoms with Crippen molar-refractivity contribution in [3.05, 3.63) is 27.8 Å². The second kappa shape index (κ2) is 3.82. The third-order valence-corrected chi connectivity index (χ3v) is 1.72. The predicted molar refractivity (Wildman–Crippen MR) is 48.3 cm³/mol. The molecule has 0 radical (unpaired) electrons. The van der Waals surface area contributed by atoms with Crippen molar-refractivity contribution in [3.63, 3.8) is 0 Å². The van der Waals surface area contributed by atoms with E-state index in [0.717, 1.165) is 12.1 Å². The zero-order valence-corrected chi connectivity index (χ0v) is 7.63. The number of hydrogen-bond acceptors (Lipinski definition) is 5. The Bertz CT molecular complexity index is 427. The maximum Gasteiger partial charge on any atom is 0.346 e. The molecule has 80 valence electrons. The average Bonchev–Trinajstić information content (AvgIpc) is 2.15. The van der Waals surface area contributed by atoms with Crippen molar-refractivity contribution in [2.75, 3.05) is 7.11 Å².